The SMILES string of the molecule is Cn1ccc(NC(=O)C(C)(C)Br)n1. The van der Waals surface area contributed by atoms with E-state index >= 15 is 0 Å². The summed E-state index contributed by atoms with van der Waals surface area (Å²) in [5.41, 5.74) is 0. The predicted molar refractivity (Wildman–Crippen MR) is 54.8 cm³/mol. The summed E-state index contributed by atoms with van der Waals surface area (Å²) in [6, 6.07) is 1.75. The quantitative estimate of drug-likeness (QED) is 0.804. The van der Waals surface area contributed by atoms with Crippen LogP contribution in [0.1, 0.15) is 13.8 Å². The maximum atomic E-state index is 11.4. The third-order valence-corrected chi connectivity index (χ3v) is 1.86. The number of amides is 1. The van der Waals surface area contributed by atoms with Crippen molar-refractivity contribution in [2.45, 2.75) is 18.2 Å². The van der Waals surface area contributed by atoms with Gasteiger partial charge in [-0.2, -0.15) is 5.10 Å². The number of anilines is 1. The number of halogens is 1. The number of nitrogens with zero attached hydrogens (tertiary/aromatic N) is 2. The molecule has 0 spiro atoms. The zero-order valence-electron chi connectivity index (χ0n) is 7.84. The van der Waals surface area contributed by atoms with Gasteiger partial charge < -0.3 is 5.32 Å². The van der Waals surface area contributed by atoms with Crippen LogP contribution in [0.5, 0.6) is 0 Å². The molecule has 72 valence electrons. The number of rotatable bonds is 2. The highest BCUT2D eigenvalue weighted by atomic mass is 79.9. The van der Waals surface area contributed by atoms with Crippen LogP contribution < -0.4 is 5.32 Å². The van der Waals surface area contributed by atoms with Gasteiger partial charge in [-0.25, -0.2) is 0 Å². The van der Waals surface area contributed by atoms with Crippen molar-refractivity contribution in [2.75, 3.05) is 5.32 Å². The van der Waals surface area contributed by atoms with Crippen LogP contribution in [0.25, 0.3) is 0 Å². The average molecular weight is 246 g/mol. The normalized spacial score (nSPS) is 11.4. The molecule has 0 aliphatic carbocycles. The molecule has 1 N–H and O–H groups in total. The maximum Gasteiger partial charge on any atom is 0.241 e. The Kier molecular flexibility index (Phi) is 2.75. The van der Waals surface area contributed by atoms with Crippen LogP contribution >= 0.6 is 15.9 Å². The average Bonchev–Trinajstić information content (AvgIpc) is 2.33. The van der Waals surface area contributed by atoms with Gasteiger partial charge in [-0.15, -0.1) is 0 Å². The highest BCUT2D eigenvalue weighted by molar-refractivity contribution is 9.10. The van der Waals surface area contributed by atoms with Gasteiger partial charge >= 0.3 is 0 Å². The van der Waals surface area contributed by atoms with Crippen molar-refractivity contribution in [3.63, 3.8) is 0 Å². The monoisotopic (exact) mass is 245 g/mol. The molecule has 1 aromatic heterocycles. The summed E-state index contributed by atoms with van der Waals surface area (Å²) in [4.78, 5) is 11.4. The molecule has 5 heteroatoms. The summed E-state index contributed by atoms with van der Waals surface area (Å²) >= 11 is 3.26. The van der Waals surface area contributed by atoms with Crippen molar-refractivity contribution in [1.29, 1.82) is 0 Å². The number of carbonyl (C=O) groups is 1. The molecule has 0 atom stereocenters. The Morgan fingerprint density at radius 3 is 2.69 bits per heavy atom. The maximum absolute atomic E-state index is 11.4. The Hall–Kier alpha value is -0.840. The fourth-order valence-corrected chi connectivity index (χ4v) is 0.846. The Bertz CT molecular complexity index is 313. The van der Waals surface area contributed by atoms with E-state index in [1.807, 2.05) is 0 Å². The van der Waals surface area contributed by atoms with E-state index in [0.29, 0.717) is 5.82 Å². The lowest BCUT2D eigenvalue weighted by Gasteiger charge is -2.13. The van der Waals surface area contributed by atoms with E-state index < -0.39 is 4.32 Å². The standard InChI is InChI=1S/C8H12BrN3O/c1-8(2,9)7(13)10-6-4-5-12(3)11-6/h4-5H,1-3H3,(H,10,11,13). The predicted octanol–water partition coefficient (Wildman–Crippen LogP) is 1.53. The molecule has 4 nitrogen and oxygen atoms in total. The van der Waals surface area contributed by atoms with Crippen molar-refractivity contribution in [3.8, 4) is 0 Å². The van der Waals surface area contributed by atoms with Gasteiger partial charge in [-0.1, -0.05) is 15.9 Å². The molecule has 0 fully saturated rings. The molecular formula is C8H12BrN3O. The highest BCUT2D eigenvalue weighted by Gasteiger charge is 2.23. The lowest BCUT2D eigenvalue weighted by atomic mass is 10.2. The number of carbonyl (C=O) groups excluding carboxylic acids is 1. The molecule has 13 heavy (non-hydrogen) atoms. The van der Waals surface area contributed by atoms with Crippen molar-refractivity contribution >= 4 is 27.7 Å². The number of aromatic nitrogens is 2. The first kappa shape index (κ1) is 10.2. The lowest BCUT2D eigenvalue weighted by Crippen LogP contribution is -2.31. The molecule has 0 aromatic carbocycles. The number of nitrogens with one attached hydrogen (secondary N) is 1. The van der Waals surface area contributed by atoms with Crippen LogP contribution in [0, 0.1) is 0 Å². The van der Waals surface area contributed by atoms with Crippen molar-refractivity contribution in [3.05, 3.63) is 12.3 Å². The van der Waals surface area contributed by atoms with Crippen molar-refractivity contribution < 1.29 is 4.79 Å². The Balaban J connectivity index is 2.65. The smallest absolute Gasteiger partial charge is 0.241 e. The van der Waals surface area contributed by atoms with E-state index in [9.17, 15) is 4.79 Å². The second-order valence-electron chi connectivity index (χ2n) is 3.30. The molecule has 1 heterocycles. The van der Waals surface area contributed by atoms with Gasteiger partial charge in [0.1, 0.15) is 0 Å². The van der Waals surface area contributed by atoms with Gasteiger partial charge in [0.05, 0.1) is 4.32 Å². The fraction of sp³-hybridized carbons (Fsp3) is 0.500. The molecule has 1 aromatic rings. The minimum Gasteiger partial charge on any atom is -0.308 e. The first-order chi connectivity index (χ1) is 5.89. The molecule has 0 radical (unpaired) electrons. The second-order valence-corrected chi connectivity index (χ2v) is 5.28. The van der Waals surface area contributed by atoms with Gasteiger partial charge in [0.2, 0.25) is 5.91 Å². The third-order valence-electron chi connectivity index (χ3n) is 1.50. The molecule has 0 saturated carbocycles. The Labute approximate surface area is 85.4 Å². The van der Waals surface area contributed by atoms with Crippen LogP contribution in [0.4, 0.5) is 5.82 Å². The number of hydrogen-bond donors (Lipinski definition) is 1. The summed E-state index contributed by atoms with van der Waals surface area (Å²) in [6.45, 7) is 3.57. The van der Waals surface area contributed by atoms with Crippen molar-refractivity contribution in [1.82, 2.24) is 9.78 Å². The first-order valence-electron chi connectivity index (χ1n) is 3.89. The fourth-order valence-electron chi connectivity index (χ4n) is 0.747. The molecule has 0 unspecified atom stereocenters. The molecule has 1 rings (SSSR count). The molecule has 0 saturated heterocycles. The van der Waals surface area contributed by atoms with Gasteiger partial charge in [-0.05, 0) is 13.8 Å². The van der Waals surface area contributed by atoms with Crippen LogP contribution in [-0.4, -0.2) is 20.0 Å². The summed E-state index contributed by atoms with van der Waals surface area (Å²) in [6.07, 6.45) is 1.77. The molecular weight excluding hydrogens is 234 g/mol. The number of hydrogen-bond acceptors (Lipinski definition) is 2. The number of alkyl halides is 1. The van der Waals surface area contributed by atoms with E-state index in [2.05, 4.69) is 26.3 Å². The third kappa shape index (κ3) is 2.84. The van der Waals surface area contributed by atoms with E-state index in [-0.39, 0.29) is 5.91 Å². The lowest BCUT2D eigenvalue weighted by molar-refractivity contribution is -0.117. The van der Waals surface area contributed by atoms with E-state index in [4.69, 9.17) is 0 Å². The zero-order valence-corrected chi connectivity index (χ0v) is 9.42. The largest absolute Gasteiger partial charge is 0.308 e. The summed E-state index contributed by atoms with van der Waals surface area (Å²) in [7, 11) is 1.80. The van der Waals surface area contributed by atoms with Crippen molar-refractivity contribution in [2.24, 2.45) is 7.05 Å². The second kappa shape index (κ2) is 3.49. The highest BCUT2D eigenvalue weighted by Crippen LogP contribution is 2.17. The van der Waals surface area contributed by atoms with E-state index in [0.717, 1.165) is 0 Å². The van der Waals surface area contributed by atoms with E-state index in [1.54, 1.807) is 37.8 Å². The Morgan fingerprint density at radius 2 is 2.31 bits per heavy atom. The van der Waals surface area contributed by atoms with Gasteiger partial charge in [0.25, 0.3) is 0 Å². The Morgan fingerprint density at radius 1 is 1.69 bits per heavy atom. The van der Waals surface area contributed by atoms with Crippen LogP contribution in [0.3, 0.4) is 0 Å². The minimum atomic E-state index is -0.565. The number of aryl methyl sites for hydroxylation is 1. The summed E-state index contributed by atoms with van der Waals surface area (Å²) in [5, 5.41) is 6.71. The summed E-state index contributed by atoms with van der Waals surface area (Å²) in [5.74, 6) is 0.464. The zero-order chi connectivity index (χ0) is 10.1. The minimum absolute atomic E-state index is 0.105. The van der Waals surface area contributed by atoms with Gasteiger partial charge in [-0.3, -0.25) is 9.48 Å². The van der Waals surface area contributed by atoms with Crippen LogP contribution in [0.15, 0.2) is 12.3 Å². The van der Waals surface area contributed by atoms with Gasteiger partial charge in [0.15, 0.2) is 5.82 Å². The van der Waals surface area contributed by atoms with Crippen LogP contribution in [0.2, 0.25) is 0 Å². The summed E-state index contributed by atoms with van der Waals surface area (Å²) < 4.78 is 1.07. The topological polar surface area (TPSA) is 46.9 Å². The van der Waals surface area contributed by atoms with Gasteiger partial charge in [0, 0.05) is 19.3 Å². The molecule has 0 bridgehead atoms. The van der Waals surface area contributed by atoms with Crippen LogP contribution in [-0.2, 0) is 11.8 Å². The first-order valence-corrected chi connectivity index (χ1v) is 4.69. The molecule has 0 aliphatic rings. The molecule has 1 amide bonds. The molecule has 0 aliphatic heterocycles. The van der Waals surface area contributed by atoms with E-state index in [1.165, 1.54) is 0 Å².